The zero-order chi connectivity index (χ0) is 12.0. The first-order valence-electron chi connectivity index (χ1n) is 5.35. The monoisotopic (exact) mass is 221 g/mol. The molecular formula is C12H19N3O. The van der Waals surface area contributed by atoms with Gasteiger partial charge in [-0.05, 0) is 31.0 Å². The van der Waals surface area contributed by atoms with E-state index in [1.165, 1.54) is 5.56 Å². The van der Waals surface area contributed by atoms with Crippen LogP contribution in [-0.4, -0.2) is 19.1 Å². The van der Waals surface area contributed by atoms with Crippen LogP contribution in [0.4, 0.5) is 0 Å². The van der Waals surface area contributed by atoms with Crippen molar-refractivity contribution in [2.75, 3.05) is 13.2 Å². The van der Waals surface area contributed by atoms with Gasteiger partial charge in [-0.2, -0.15) is 0 Å². The van der Waals surface area contributed by atoms with E-state index in [-0.39, 0.29) is 5.96 Å². The molecule has 1 rings (SSSR count). The summed E-state index contributed by atoms with van der Waals surface area (Å²) in [6, 6.07) is 6.16. The van der Waals surface area contributed by atoms with Gasteiger partial charge in [0, 0.05) is 13.0 Å². The van der Waals surface area contributed by atoms with E-state index in [1.807, 2.05) is 19.9 Å². The molecule has 0 atom stereocenters. The Kier molecular flexibility index (Phi) is 4.64. The lowest BCUT2D eigenvalue weighted by Crippen LogP contribution is -2.23. The number of guanidine groups is 1. The quantitative estimate of drug-likeness (QED) is 0.448. The summed E-state index contributed by atoms with van der Waals surface area (Å²) in [6.45, 7) is 5.31. The number of ether oxygens (including phenoxy) is 1. The van der Waals surface area contributed by atoms with Gasteiger partial charge in [0.25, 0.3) is 0 Å². The van der Waals surface area contributed by atoms with Crippen LogP contribution in [0.15, 0.2) is 23.2 Å². The Balaban J connectivity index is 2.37. The molecule has 0 bridgehead atoms. The molecule has 16 heavy (non-hydrogen) atoms. The van der Waals surface area contributed by atoms with Gasteiger partial charge in [0.15, 0.2) is 5.96 Å². The van der Waals surface area contributed by atoms with Gasteiger partial charge in [0.2, 0.25) is 0 Å². The highest BCUT2D eigenvalue weighted by Gasteiger charge is 1.99. The van der Waals surface area contributed by atoms with Crippen LogP contribution in [-0.2, 0) is 0 Å². The predicted octanol–water partition coefficient (Wildman–Crippen LogP) is 1.35. The molecule has 0 heterocycles. The van der Waals surface area contributed by atoms with Gasteiger partial charge in [-0.15, -0.1) is 0 Å². The van der Waals surface area contributed by atoms with Gasteiger partial charge in [0.05, 0.1) is 6.61 Å². The molecule has 4 nitrogen and oxygen atoms in total. The summed E-state index contributed by atoms with van der Waals surface area (Å²) >= 11 is 0. The third-order valence-electron chi connectivity index (χ3n) is 2.20. The van der Waals surface area contributed by atoms with Gasteiger partial charge < -0.3 is 16.2 Å². The Hall–Kier alpha value is -1.71. The Labute approximate surface area is 96.3 Å². The van der Waals surface area contributed by atoms with Crippen molar-refractivity contribution in [1.29, 1.82) is 0 Å². The molecule has 0 spiro atoms. The van der Waals surface area contributed by atoms with Crippen molar-refractivity contribution in [3.8, 4) is 5.75 Å². The van der Waals surface area contributed by atoms with E-state index >= 15 is 0 Å². The Morgan fingerprint density at radius 3 is 2.75 bits per heavy atom. The molecule has 4 N–H and O–H groups in total. The molecule has 0 aromatic heterocycles. The number of benzene rings is 1. The maximum Gasteiger partial charge on any atom is 0.185 e. The van der Waals surface area contributed by atoms with E-state index in [4.69, 9.17) is 16.2 Å². The minimum Gasteiger partial charge on any atom is -0.493 e. The minimum absolute atomic E-state index is 0.131. The lowest BCUT2D eigenvalue weighted by atomic mass is 10.1. The van der Waals surface area contributed by atoms with Gasteiger partial charge >= 0.3 is 0 Å². The summed E-state index contributed by atoms with van der Waals surface area (Å²) in [7, 11) is 0. The van der Waals surface area contributed by atoms with Crippen LogP contribution in [0.1, 0.15) is 17.5 Å². The van der Waals surface area contributed by atoms with Gasteiger partial charge in [-0.3, -0.25) is 4.99 Å². The summed E-state index contributed by atoms with van der Waals surface area (Å²) in [5.74, 6) is 1.07. The standard InChI is InChI=1S/C12H19N3O/c1-9-4-5-10(2)11(8-9)16-7-3-6-15-12(13)14/h4-5,8H,3,6-7H2,1-2H3,(H4,13,14,15). The first kappa shape index (κ1) is 12.4. The predicted molar refractivity (Wildman–Crippen MR) is 66.7 cm³/mol. The molecule has 0 fully saturated rings. The van der Waals surface area contributed by atoms with Crippen LogP contribution in [0.3, 0.4) is 0 Å². The second-order valence-electron chi connectivity index (χ2n) is 3.78. The maximum absolute atomic E-state index is 5.65. The number of hydrogen-bond acceptors (Lipinski definition) is 2. The minimum atomic E-state index is 0.131. The average Bonchev–Trinajstić information content (AvgIpc) is 2.22. The number of nitrogens with zero attached hydrogens (tertiary/aromatic N) is 1. The number of rotatable bonds is 5. The summed E-state index contributed by atoms with van der Waals surface area (Å²) < 4.78 is 5.65. The second kappa shape index (κ2) is 6.00. The van der Waals surface area contributed by atoms with Crippen LogP contribution in [0.5, 0.6) is 5.75 Å². The van der Waals surface area contributed by atoms with Crippen molar-refractivity contribution in [3.63, 3.8) is 0 Å². The van der Waals surface area contributed by atoms with Crippen LogP contribution < -0.4 is 16.2 Å². The van der Waals surface area contributed by atoms with Gasteiger partial charge in [0.1, 0.15) is 5.75 Å². The molecule has 0 aliphatic carbocycles. The largest absolute Gasteiger partial charge is 0.493 e. The highest BCUT2D eigenvalue weighted by molar-refractivity contribution is 5.75. The summed E-state index contributed by atoms with van der Waals surface area (Å²) in [5, 5.41) is 0. The van der Waals surface area contributed by atoms with Crippen molar-refractivity contribution in [3.05, 3.63) is 29.3 Å². The molecule has 0 saturated heterocycles. The molecule has 0 amide bonds. The molecule has 0 aliphatic heterocycles. The van der Waals surface area contributed by atoms with E-state index in [0.717, 1.165) is 17.7 Å². The third kappa shape index (κ3) is 4.21. The zero-order valence-electron chi connectivity index (χ0n) is 9.86. The van der Waals surface area contributed by atoms with E-state index in [0.29, 0.717) is 13.2 Å². The van der Waals surface area contributed by atoms with E-state index in [9.17, 15) is 0 Å². The third-order valence-corrected chi connectivity index (χ3v) is 2.20. The molecule has 0 unspecified atom stereocenters. The van der Waals surface area contributed by atoms with Crippen LogP contribution >= 0.6 is 0 Å². The molecule has 0 aliphatic rings. The maximum atomic E-state index is 5.65. The number of nitrogens with two attached hydrogens (primary N) is 2. The van der Waals surface area contributed by atoms with Crippen molar-refractivity contribution in [1.82, 2.24) is 0 Å². The van der Waals surface area contributed by atoms with Gasteiger partial charge in [-0.1, -0.05) is 12.1 Å². The van der Waals surface area contributed by atoms with Crippen LogP contribution in [0, 0.1) is 13.8 Å². The van der Waals surface area contributed by atoms with Crippen molar-refractivity contribution in [2.45, 2.75) is 20.3 Å². The van der Waals surface area contributed by atoms with Crippen molar-refractivity contribution < 1.29 is 4.74 Å². The Bertz CT molecular complexity index is 371. The van der Waals surface area contributed by atoms with Gasteiger partial charge in [-0.25, -0.2) is 0 Å². The highest BCUT2D eigenvalue weighted by atomic mass is 16.5. The number of aryl methyl sites for hydroxylation is 2. The lowest BCUT2D eigenvalue weighted by Gasteiger charge is -2.09. The number of hydrogen-bond donors (Lipinski definition) is 2. The number of aliphatic imine (C=N–C) groups is 1. The van der Waals surface area contributed by atoms with Crippen molar-refractivity contribution >= 4 is 5.96 Å². The van der Waals surface area contributed by atoms with E-state index in [1.54, 1.807) is 0 Å². The fourth-order valence-electron chi connectivity index (χ4n) is 1.32. The smallest absolute Gasteiger partial charge is 0.185 e. The Morgan fingerprint density at radius 2 is 2.06 bits per heavy atom. The molecule has 88 valence electrons. The second-order valence-corrected chi connectivity index (χ2v) is 3.78. The van der Waals surface area contributed by atoms with E-state index in [2.05, 4.69) is 17.1 Å². The first-order valence-corrected chi connectivity index (χ1v) is 5.35. The highest BCUT2D eigenvalue weighted by Crippen LogP contribution is 2.18. The summed E-state index contributed by atoms with van der Waals surface area (Å²) in [5.41, 5.74) is 12.8. The summed E-state index contributed by atoms with van der Waals surface area (Å²) in [4.78, 5) is 3.89. The van der Waals surface area contributed by atoms with Crippen LogP contribution in [0.25, 0.3) is 0 Å². The van der Waals surface area contributed by atoms with Crippen LogP contribution in [0.2, 0.25) is 0 Å². The lowest BCUT2D eigenvalue weighted by molar-refractivity contribution is 0.311. The molecular weight excluding hydrogens is 202 g/mol. The molecule has 1 aromatic rings. The molecule has 1 aromatic carbocycles. The fourth-order valence-corrected chi connectivity index (χ4v) is 1.32. The average molecular weight is 221 g/mol. The SMILES string of the molecule is Cc1ccc(C)c(OCCCN=C(N)N)c1. The fraction of sp³-hybridized carbons (Fsp3) is 0.417. The Morgan fingerprint density at radius 1 is 1.31 bits per heavy atom. The molecule has 4 heteroatoms. The normalized spacial score (nSPS) is 9.88. The topological polar surface area (TPSA) is 73.6 Å². The van der Waals surface area contributed by atoms with Crippen molar-refractivity contribution in [2.24, 2.45) is 16.5 Å². The zero-order valence-corrected chi connectivity index (χ0v) is 9.86. The first-order chi connectivity index (χ1) is 7.59. The summed E-state index contributed by atoms with van der Waals surface area (Å²) in [6.07, 6.45) is 0.811. The molecule has 0 saturated carbocycles. The molecule has 0 radical (unpaired) electrons. The van der Waals surface area contributed by atoms with E-state index < -0.39 is 0 Å².